The molecular weight excluding hydrogens is 224 g/mol. The van der Waals surface area contributed by atoms with Gasteiger partial charge in [-0.3, -0.25) is 4.68 Å². The van der Waals surface area contributed by atoms with Crippen molar-refractivity contribution in [3.05, 3.63) is 23.5 Å². The van der Waals surface area contributed by atoms with Crippen LogP contribution in [0.3, 0.4) is 0 Å². The Morgan fingerprint density at radius 3 is 3.00 bits per heavy atom. The van der Waals surface area contributed by atoms with E-state index in [0.717, 1.165) is 29.2 Å². The fourth-order valence-electron chi connectivity index (χ4n) is 2.49. The van der Waals surface area contributed by atoms with Crippen LogP contribution in [0.5, 0.6) is 0 Å². The van der Waals surface area contributed by atoms with Crippen LogP contribution >= 0.6 is 0 Å². The topological polar surface area (TPSA) is 42.7 Å². The molecule has 0 bridgehead atoms. The van der Waals surface area contributed by atoms with E-state index in [1.54, 1.807) is 0 Å². The van der Waals surface area contributed by atoms with Crippen LogP contribution < -0.4 is 5.32 Å². The van der Waals surface area contributed by atoms with Crippen molar-refractivity contribution in [1.29, 1.82) is 0 Å². The van der Waals surface area contributed by atoms with E-state index in [2.05, 4.69) is 28.4 Å². The SMILES string of the molecule is Cc1nn(C)c2ncc(CNC(C)C3CC3)cc12. The molecule has 2 aromatic heterocycles. The minimum absolute atomic E-state index is 0.621. The maximum absolute atomic E-state index is 4.50. The van der Waals surface area contributed by atoms with Gasteiger partial charge in [-0.1, -0.05) is 0 Å². The summed E-state index contributed by atoms with van der Waals surface area (Å²) in [6.07, 6.45) is 4.72. The molecule has 0 aromatic carbocycles. The van der Waals surface area contributed by atoms with Gasteiger partial charge in [-0.05, 0) is 44.2 Å². The van der Waals surface area contributed by atoms with Gasteiger partial charge in [0.25, 0.3) is 0 Å². The number of rotatable bonds is 4. The molecule has 1 atom stereocenters. The maximum Gasteiger partial charge on any atom is 0.157 e. The van der Waals surface area contributed by atoms with Crippen molar-refractivity contribution in [3.63, 3.8) is 0 Å². The molecule has 1 fully saturated rings. The van der Waals surface area contributed by atoms with Gasteiger partial charge in [0.2, 0.25) is 0 Å². The lowest BCUT2D eigenvalue weighted by molar-refractivity contribution is 0.496. The Morgan fingerprint density at radius 2 is 2.28 bits per heavy atom. The van der Waals surface area contributed by atoms with Crippen LogP contribution in [0.1, 0.15) is 31.0 Å². The zero-order valence-corrected chi connectivity index (χ0v) is 11.3. The third-order valence-corrected chi connectivity index (χ3v) is 3.88. The lowest BCUT2D eigenvalue weighted by Gasteiger charge is -2.12. The molecule has 0 radical (unpaired) electrons. The third-order valence-electron chi connectivity index (χ3n) is 3.88. The van der Waals surface area contributed by atoms with E-state index in [0.29, 0.717) is 6.04 Å². The quantitative estimate of drug-likeness (QED) is 0.896. The van der Waals surface area contributed by atoms with Crippen LogP contribution in [-0.4, -0.2) is 20.8 Å². The zero-order valence-electron chi connectivity index (χ0n) is 11.3. The van der Waals surface area contributed by atoms with Crippen LogP contribution in [0, 0.1) is 12.8 Å². The van der Waals surface area contributed by atoms with Crippen LogP contribution in [0.25, 0.3) is 11.0 Å². The van der Waals surface area contributed by atoms with E-state index in [1.165, 1.54) is 18.4 Å². The molecule has 0 spiro atoms. The molecule has 0 saturated heterocycles. The van der Waals surface area contributed by atoms with Gasteiger partial charge >= 0.3 is 0 Å². The van der Waals surface area contributed by atoms with Crippen LogP contribution in [0.2, 0.25) is 0 Å². The fraction of sp³-hybridized carbons (Fsp3) is 0.571. The summed E-state index contributed by atoms with van der Waals surface area (Å²) in [6.45, 7) is 5.21. The second kappa shape index (κ2) is 4.35. The van der Waals surface area contributed by atoms with E-state index in [-0.39, 0.29) is 0 Å². The molecule has 1 N–H and O–H groups in total. The first kappa shape index (κ1) is 11.7. The molecule has 2 heterocycles. The van der Waals surface area contributed by atoms with Gasteiger partial charge in [0.05, 0.1) is 5.69 Å². The monoisotopic (exact) mass is 244 g/mol. The van der Waals surface area contributed by atoms with Gasteiger partial charge in [-0.25, -0.2) is 4.98 Å². The molecule has 0 aliphatic heterocycles. The Bertz CT molecular complexity index is 568. The zero-order chi connectivity index (χ0) is 12.7. The number of pyridine rings is 1. The number of hydrogen-bond donors (Lipinski definition) is 1. The standard InChI is InChI=1S/C14H20N4/c1-9(12-4-5-12)15-7-11-6-13-10(2)17-18(3)14(13)16-8-11/h6,8-9,12,15H,4-5,7H2,1-3H3. The van der Waals surface area contributed by atoms with E-state index < -0.39 is 0 Å². The van der Waals surface area contributed by atoms with Crippen molar-refractivity contribution in [3.8, 4) is 0 Å². The summed E-state index contributed by atoms with van der Waals surface area (Å²) < 4.78 is 1.84. The molecule has 4 heteroatoms. The number of hydrogen-bond acceptors (Lipinski definition) is 3. The van der Waals surface area contributed by atoms with E-state index in [9.17, 15) is 0 Å². The lowest BCUT2D eigenvalue weighted by atomic mass is 10.1. The molecular formula is C14H20N4. The van der Waals surface area contributed by atoms with Crippen molar-refractivity contribution >= 4 is 11.0 Å². The second-order valence-electron chi connectivity index (χ2n) is 5.43. The van der Waals surface area contributed by atoms with E-state index in [4.69, 9.17) is 0 Å². The van der Waals surface area contributed by atoms with Crippen molar-refractivity contribution in [2.24, 2.45) is 13.0 Å². The number of aryl methyl sites for hydroxylation is 2. The number of nitrogens with zero attached hydrogens (tertiary/aromatic N) is 3. The first-order chi connectivity index (χ1) is 8.65. The molecule has 4 nitrogen and oxygen atoms in total. The molecule has 2 aromatic rings. The van der Waals surface area contributed by atoms with Crippen LogP contribution in [0.4, 0.5) is 0 Å². The molecule has 0 amide bonds. The molecule has 1 aliphatic carbocycles. The van der Waals surface area contributed by atoms with Gasteiger partial charge in [-0.15, -0.1) is 0 Å². The highest BCUT2D eigenvalue weighted by atomic mass is 15.3. The number of nitrogens with one attached hydrogen (secondary N) is 1. The number of aromatic nitrogens is 3. The van der Waals surface area contributed by atoms with Gasteiger partial charge in [0.15, 0.2) is 5.65 Å². The maximum atomic E-state index is 4.50. The summed E-state index contributed by atoms with van der Waals surface area (Å²) in [5.41, 5.74) is 3.26. The average Bonchev–Trinajstić information content (AvgIpc) is 3.16. The van der Waals surface area contributed by atoms with Crippen molar-refractivity contribution in [2.45, 2.75) is 39.3 Å². The Labute approximate surface area is 107 Å². The lowest BCUT2D eigenvalue weighted by Crippen LogP contribution is -2.27. The largest absolute Gasteiger partial charge is 0.310 e. The molecule has 1 saturated carbocycles. The van der Waals surface area contributed by atoms with E-state index >= 15 is 0 Å². The number of fused-ring (bicyclic) bond motifs is 1. The Kier molecular flexibility index (Phi) is 2.82. The summed E-state index contributed by atoms with van der Waals surface area (Å²) >= 11 is 0. The molecule has 3 rings (SSSR count). The van der Waals surface area contributed by atoms with Gasteiger partial charge in [0.1, 0.15) is 0 Å². The van der Waals surface area contributed by atoms with Crippen molar-refractivity contribution in [2.75, 3.05) is 0 Å². The van der Waals surface area contributed by atoms with Crippen molar-refractivity contribution < 1.29 is 0 Å². The summed E-state index contributed by atoms with van der Waals surface area (Å²) in [4.78, 5) is 4.50. The second-order valence-corrected chi connectivity index (χ2v) is 5.43. The van der Waals surface area contributed by atoms with E-state index in [1.807, 2.05) is 24.9 Å². The molecule has 1 unspecified atom stereocenters. The fourth-order valence-corrected chi connectivity index (χ4v) is 2.49. The highest BCUT2D eigenvalue weighted by Crippen LogP contribution is 2.32. The highest BCUT2D eigenvalue weighted by Gasteiger charge is 2.27. The predicted octanol–water partition coefficient (Wildman–Crippen LogP) is 2.16. The smallest absolute Gasteiger partial charge is 0.157 e. The Balaban J connectivity index is 1.77. The minimum atomic E-state index is 0.621. The summed E-state index contributed by atoms with van der Waals surface area (Å²) in [5.74, 6) is 0.891. The van der Waals surface area contributed by atoms with Gasteiger partial charge < -0.3 is 5.32 Å². The molecule has 96 valence electrons. The summed E-state index contributed by atoms with van der Waals surface area (Å²) in [7, 11) is 1.94. The van der Waals surface area contributed by atoms with Gasteiger partial charge in [-0.2, -0.15) is 5.10 Å². The highest BCUT2D eigenvalue weighted by molar-refractivity contribution is 5.78. The Hall–Kier alpha value is -1.42. The third kappa shape index (κ3) is 2.12. The minimum Gasteiger partial charge on any atom is -0.310 e. The Morgan fingerprint density at radius 1 is 1.50 bits per heavy atom. The van der Waals surface area contributed by atoms with Gasteiger partial charge in [0, 0.05) is 31.2 Å². The first-order valence-corrected chi connectivity index (χ1v) is 6.67. The summed E-state index contributed by atoms with van der Waals surface area (Å²) in [6, 6.07) is 2.83. The summed E-state index contributed by atoms with van der Waals surface area (Å²) in [5, 5.41) is 9.15. The average molecular weight is 244 g/mol. The first-order valence-electron chi connectivity index (χ1n) is 6.67. The molecule has 1 aliphatic rings. The van der Waals surface area contributed by atoms with Crippen LogP contribution in [0.15, 0.2) is 12.3 Å². The molecule has 18 heavy (non-hydrogen) atoms. The normalized spacial score (nSPS) is 17.3. The predicted molar refractivity (Wildman–Crippen MR) is 72.3 cm³/mol. The van der Waals surface area contributed by atoms with Crippen LogP contribution in [-0.2, 0) is 13.6 Å². The van der Waals surface area contributed by atoms with Crippen molar-refractivity contribution in [1.82, 2.24) is 20.1 Å².